The van der Waals surface area contributed by atoms with Gasteiger partial charge in [0.05, 0.1) is 40.8 Å². The van der Waals surface area contributed by atoms with Gasteiger partial charge in [0.1, 0.15) is 11.6 Å². The van der Waals surface area contributed by atoms with Crippen LogP contribution in [0.3, 0.4) is 0 Å². The minimum atomic E-state index is -1.28. The molecule has 3 N–H and O–H groups in total. The summed E-state index contributed by atoms with van der Waals surface area (Å²) in [5, 5.41) is 16.9. The number of nitrogens with zero attached hydrogens (tertiary/aromatic N) is 1. The van der Waals surface area contributed by atoms with Gasteiger partial charge in [-0.15, -0.1) is 0 Å². The number of likely N-dealkylation sites (tertiary alicyclic amines) is 1. The lowest BCUT2D eigenvalue weighted by molar-refractivity contribution is -0.148. The third-order valence-corrected chi connectivity index (χ3v) is 9.48. The predicted octanol–water partition coefficient (Wildman–Crippen LogP) is 4.66. The number of rotatable bonds is 7. The van der Waals surface area contributed by atoms with E-state index in [-0.39, 0.29) is 11.8 Å². The maximum absolute atomic E-state index is 14.5. The molecule has 0 saturated carbocycles. The zero-order valence-corrected chi connectivity index (χ0v) is 23.5. The fourth-order valence-corrected chi connectivity index (χ4v) is 7.43. The second-order valence-corrected chi connectivity index (χ2v) is 11.8. The van der Waals surface area contributed by atoms with Gasteiger partial charge in [-0.25, -0.2) is 0 Å². The third kappa shape index (κ3) is 4.24. The molecule has 0 radical (unpaired) electrons. The lowest BCUT2D eigenvalue weighted by atomic mass is 9.62. The van der Waals surface area contributed by atoms with E-state index < -0.39 is 53.5 Å². The van der Waals surface area contributed by atoms with E-state index in [2.05, 4.69) is 10.6 Å². The first kappa shape index (κ1) is 27.4. The summed E-state index contributed by atoms with van der Waals surface area (Å²) >= 11 is 6.38. The molecule has 7 atom stereocenters. The number of carbonyl (C=O) groups is 3. The zero-order valence-electron chi connectivity index (χ0n) is 22.8. The normalized spacial score (nSPS) is 30.6. The van der Waals surface area contributed by atoms with Crippen molar-refractivity contribution in [2.24, 2.45) is 17.8 Å². The number of ether oxygens (including phenoxy) is 1. The van der Waals surface area contributed by atoms with E-state index in [9.17, 15) is 19.5 Å². The summed E-state index contributed by atoms with van der Waals surface area (Å²) in [6.45, 7) is 3.44. The largest absolute Gasteiger partial charge is 0.394 e. The molecule has 2 bridgehead atoms. The molecule has 3 aliphatic rings. The number of aliphatic hydroxyl groups is 1. The van der Waals surface area contributed by atoms with Crippen molar-refractivity contribution in [1.82, 2.24) is 4.90 Å². The third-order valence-electron chi connectivity index (χ3n) is 9.15. The van der Waals surface area contributed by atoms with Gasteiger partial charge in [-0.05, 0) is 49.1 Å². The molecule has 41 heavy (non-hydrogen) atoms. The smallest absolute Gasteiger partial charge is 0.250 e. The van der Waals surface area contributed by atoms with Crippen LogP contribution in [0.15, 0.2) is 84.9 Å². The number of hydrogen-bond donors (Lipinski definition) is 3. The number of carbonyl (C=O) groups excluding carboxylic acids is 3. The molecule has 3 unspecified atom stereocenters. The van der Waals surface area contributed by atoms with Crippen LogP contribution in [0.25, 0.3) is 0 Å². The summed E-state index contributed by atoms with van der Waals surface area (Å²) in [5.41, 5.74) is -0.572. The Morgan fingerprint density at radius 1 is 1.00 bits per heavy atom. The van der Waals surface area contributed by atoms with Gasteiger partial charge in [0.25, 0.3) is 0 Å². The molecule has 8 nitrogen and oxygen atoms in total. The van der Waals surface area contributed by atoms with Crippen molar-refractivity contribution in [3.05, 3.63) is 95.5 Å². The van der Waals surface area contributed by atoms with E-state index in [1.807, 2.05) is 62.4 Å². The highest BCUT2D eigenvalue weighted by molar-refractivity contribution is 6.33. The van der Waals surface area contributed by atoms with Crippen LogP contribution in [-0.2, 0) is 19.1 Å². The summed E-state index contributed by atoms with van der Waals surface area (Å²) in [5.74, 6) is -3.11. The Hall–Kier alpha value is -3.72. The molecule has 3 aromatic carbocycles. The maximum atomic E-state index is 14.5. The van der Waals surface area contributed by atoms with E-state index in [0.29, 0.717) is 28.4 Å². The van der Waals surface area contributed by atoms with Crippen LogP contribution in [0.5, 0.6) is 0 Å². The molecule has 3 fully saturated rings. The van der Waals surface area contributed by atoms with Gasteiger partial charge in [0, 0.05) is 5.69 Å². The van der Waals surface area contributed by atoms with Crippen molar-refractivity contribution < 1.29 is 24.2 Å². The minimum absolute atomic E-state index is 0.127. The first-order valence-corrected chi connectivity index (χ1v) is 14.2. The summed E-state index contributed by atoms with van der Waals surface area (Å²) in [6.07, 6.45) is 0.402. The molecule has 3 heterocycles. The molecule has 3 aliphatic heterocycles. The monoisotopic (exact) mass is 573 g/mol. The van der Waals surface area contributed by atoms with Crippen molar-refractivity contribution in [2.45, 2.75) is 43.6 Å². The lowest BCUT2D eigenvalue weighted by Gasteiger charge is -2.37. The van der Waals surface area contributed by atoms with Gasteiger partial charge in [0.15, 0.2) is 0 Å². The van der Waals surface area contributed by atoms with Crippen LogP contribution in [-0.4, -0.2) is 51.6 Å². The van der Waals surface area contributed by atoms with Gasteiger partial charge in [-0.3, -0.25) is 14.4 Å². The van der Waals surface area contributed by atoms with Crippen molar-refractivity contribution in [1.29, 1.82) is 0 Å². The Morgan fingerprint density at radius 3 is 2.29 bits per heavy atom. The second kappa shape index (κ2) is 10.3. The molecule has 212 valence electrons. The van der Waals surface area contributed by atoms with Crippen LogP contribution in [0.4, 0.5) is 11.4 Å². The Bertz CT molecular complexity index is 1490. The number of amides is 3. The summed E-state index contributed by atoms with van der Waals surface area (Å²) in [6, 6.07) is 23.1. The van der Waals surface area contributed by atoms with Crippen LogP contribution < -0.4 is 10.6 Å². The number of halogens is 1. The SMILES string of the molecule is CC1CC23O[C@]1(C)[C@@H](C(=O)Nc1ccccc1)[C@H]2C(=O)N([C@H](CO)c1ccccc1)C3C(=O)Nc1ccccc1Cl. The minimum Gasteiger partial charge on any atom is -0.394 e. The van der Waals surface area contributed by atoms with E-state index in [4.69, 9.17) is 16.3 Å². The molecular formula is C32H32ClN3O5. The zero-order chi connectivity index (χ0) is 28.9. The molecule has 3 aromatic rings. The predicted molar refractivity (Wildman–Crippen MR) is 155 cm³/mol. The van der Waals surface area contributed by atoms with Crippen molar-refractivity contribution in [2.75, 3.05) is 17.2 Å². The van der Waals surface area contributed by atoms with Gasteiger partial charge in [-0.2, -0.15) is 0 Å². The van der Waals surface area contributed by atoms with Crippen LogP contribution in [0, 0.1) is 17.8 Å². The summed E-state index contributed by atoms with van der Waals surface area (Å²) < 4.78 is 6.79. The Morgan fingerprint density at radius 2 is 1.63 bits per heavy atom. The summed E-state index contributed by atoms with van der Waals surface area (Å²) in [7, 11) is 0. The van der Waals surface area contributed by atoms with Gasteiger partial charge in [-0.1, -0.05) is 79.2 Å². The maximum Gasteiger partial charge on any atom is 0.250 e. The molecule has 6 rings (SSSR count). The molecule has 0 aliphatic carbocycles. The molecule has 0 aromatic heterocycles. The van der Waals surface area contributed by atoms with Crippen LogP contribution >= 0.6 is 11.6 Å². The molecule has 1 spiro atoms. The van der Waals surface area contributed by atoms with Gasteiger partial charge < -0.3 is 25.4 Å². The molecule has 3 amide bonds. The molecule has 3 saturated heterocycles. The van der Waals surface area contributed by atoms with Gasteiger partial charge in [0.2, 0.25) is 17.7 Å². The van der Waals surface area contributed by atoms with Crippen LogP contribution in [0.2, 0.25) is 5.02 Å². The van der Waals surface area contributed by atoms with E-state index >= 15 is 0 Å². The van der Waals surface area contributed by atoms with Crippen molar-refractivity contribution >= 4 is 40.7 Å². The average molecular weight is 574 g/mol. The topological polar surface area (TPSA) is 108 Å². The first-order chi connectivity index (χ1) is 19.7. The lowest BCUT2D eigenvalue weighted by Crippen LogP contribution is -2.54. The Balaban J connectivity index is 1.46. The number of benzene rings is 3. The number of anilines is 2. The average Bonchev–Trinajstić information content (AvgIpc) is 3.48. The highest BCUT2D eigenvalue weighted by Crippen LogP contribution is 2.66. The number of fused-ring (bicyclic) bond motifs is 1. The number of nitrogens with one attached hydrogen (secondary N) is 2. The van der Waals surface area contributed by atoms with Crippen LogP contribution in [0.1, 0.15) is 31.9 Å². The van der Waals surface area contributed by atoms with E-state index in [1.54, 1.807) is 36.4 Å². The number of aliphatic hydroxyl groups excluding tert-OH is 1. The highest BCUT2D eigenvalue weighted by atomic mass is 35.5. The second-order valence-electron chi connectivity index (χ2n) is 11.4. The van der Waals surface area contributed by atoms with E-state index in [1.165, 1.54) is 4.90 Å². The fraction of sp³-hybridized carbons (Fsp3) is 0.344. The number of hydrogen-bond acceptors (Lipinski definition) is 5. The standard InChI is InChI=1S/C32H32ClN3O5/c1-19-17-32-26(25(31(19,2)41-32)28(38)34-21-13-7-4-8-14-21)30(40)36(24(18-37)20-11-5-3-6-12-20)27(32)29(39)35-23-16-10-9-15-22(23)33/h3-16,19,24-27,37H,17-18H2,1-2H3,(H,34,38)(H,35,39)/t19?,24-,25-,26+,27?,31+,32?/m1/s1. The van der Waals surface area contributed by atoms with Gasteiger partial charge >= 0.3 is 0 Å². The number of para-hydroxylation sites is 2. The summed E-state index contributed by atoms with van der Waals surface area (Å²) in [4.78, 5) is 44.2. The fourth-order valence-electron chi connectivity index (χ4n) is 7.25. The first-order valence-electron chi connectivity index (χ1n) is 13.8. The molecule has 9 heteroatoms. The Labute approximate surface area is 243 Å². The quantitative estimate of drug-likeness (QED) is 0.381. The Kier molecular flexibility index (Phi) is 6.88. The van der Waals surface area contributed by atoms with Crippen molar-refractivity contribution in [3.63, 3.8) is 0 Å². The van der Waals surface area contributed by atoms with Crippen molar-refractivity contribution in [3.8, 4) is 0 Å². The molecular weight excluding hydrogens is 542 g/mol. The van der Waals surface area contributed by atoms with E-state index in [0.717, 1.165) is 0 Å². The highest BCUT2D eigenvalue weighted by Gasteiger charge is 2.80.